The van der Waals surface area contributed by atoms with Crippen LogP contribution >= 0.6 is 11.3 Å². The van der Waals surface area contributed by atoms with Gasteiger partial charge in [-0.1, -0.05) is 12.1 Å². The molecule has 0 saturated carbocycles. The highest BCUT2D eigenvalue weighted by molar-refractivity contribution is 7.89. The monoisotopic (exact) mass is 426 g/mol. The first-order valence-corrected chi connectivity index (χ1v) is 11.2. The van der Waals surface area contributed by atoms with Gasteiger partial charge in [-0.2, -0.15) is 0 Å². The van der Waals surface area contributed by atoms with E-state index in [0.717, 1.165) is 27.1 Å². The maximum Gasteiger partial charge on any atom is 0.238 e. The molecule has 2 heterocycles. The lowest BCUT2D eigenvalue weighted by Gasteiger charge is -2.09. The molecule has 0 bridgehead atoms. The van der Waals surface area contributed by atoms with E-state index in [1.165, 1.54) is 29.8 Å². The second-order valence-corrected chi connectivity index (χ2v) is 8.62. The minimum Gasteiger partial charge on any atom is -0.494 e. The highest BCUT2D eigenvalue weighted by atomic mass is 32.2. The summed E-state index contributed by atoms with van der Waals surface area (Å²) in [7, 11) is -3.73. The van der Waals surface area contributed by atoms with Crippen molar-refractivity contribution in [2.45, 2.75) is 11.8 Å². The number of sulfonamides is 1. The predicted molar refractivity (Wildman–Crippen MR) is 115 cm³/mol. The number of aromatic nitrogens is 2. The van der Waals surface area contributed by atoms with Crippen LogP contribution in [0, 0.1) is 0 Å². The number of nitrogens with two attached hydrogens (primary N) is 1. The van der Waals surface area contributed by atoms with E-state index in [9.17, 15) is 8.42 Å². The van der Waals surface area contributed by atoms with Gasteiger partial charge in [0.25, 0.3) is 0 Å². The molecule has 4 rings (SSSR count). The van der Waals surface area contributed by atoms with E-state index in [-0.39, 0.29) is 4.90 Å². The Morgan fingerprint density at radius 3 is 2.45 bits per heavy atom. The second-order valence-electron chi connectivity index (χ2n) is 6.20. The topological polar surface area (TPSA) is 107 Å². The number of ether oxygens (including phenoxy) is 1. The smallest absolute Gasteiger partial charge is 0.238 e. The van der Waals surface area contributed by atoms with E-state index >= 15 is 0 Å². The number of primary sulfonamides is 1. The Morgan fingerprint density at radius 1 is 1.07 bits per heavy atom. The first-order valence-electron chi connectivity index (χ1n) is 8.81. The van der Waals surface area contributed by atoms with Gasteiger partial charge < -0.3 is 10.1 Å². The van der Waals surface area contributed by atoms with Crippen LogP contribution in [0.4, 0.5) is 11.5 Å². The molecule has 2 aromatic heterocycles. The number of benzene rings is 2. The first-order chi connectivity index (χ1) is 14.0. The summed E-state index contributed by atoms with van der Waals surface area (Å²) in [6.07, 6.45) is 1.50. The van der Waals surface area contributed by atoms with Gasteiger partial charge in [-0.3, -0.25) is 0 Å². The number of hydrogen-bond donors (Lipinski definition) is 2. The molecule has 0 radical (unpaired) electrons. The number of nitrogens with one attached hydrogen (secondary N) is 1. The summed E-state index contributed by atoms with van der Waals surface area (Å²) in [6.45, 7) is 2.57. The van der Waals surface area contributed by atoms with Crippen molar-refractivity contribution in [1.29, 1.82) is 0 Å². The van der Waals surface area contributed by atoms with Gasteiger partial charge in [0.1, 0.15) is 22.7 Å². The molecule has 0 aliphatic carbocycles. The highest BCUT2D eigenvalue weighted by Crippen LogP contribution is 2.37. The fraction of sp³-hybridized carbons (Fsp3) is 0.100. The first kappa shape index (κ1) is 19.3. The van der Waals surface area contributed by atoms with Gasteiger partial charge in [0.2, 0.25) is 10.0 Å². The third-order valence-corrected chi connectivity index (χ3v) is 6.11. The van der Waals surface area contributed by atoms with Crippen LogP contribution in [-0.4, -0.2) is 25.0 Å². The van der Waals surface area contributed by atoms with Crippen molar-refractivity contribution in [2.24, 2.45) is 5.14 Å². The van der Waals surface area contributed by atoms with Crippen molar-refractivity contribution >= 4 is 43.1 Å². The van der Waals surface area contributed by atoms with E-state index < -0.39 is 10.0 Å². The average Bonchev–Trinajstić information content (AvgIpc) is 3.14. The lowest BCUT2D eigenvalue weighted by Crippen LogP contribution is -2.11. The standard InChI is InChI=1S/C20H18N4O3S2/c1-2-27-15-7-3-13(4-8-15)17-11-28-20-18(17)19(22-12-23-20)24-14-5-9-16(10-6-14)29(21,25)26/h3-12H,2H2,1H3,(H2,21,25,26)(H,22,23,24). The zero-order chi connectivity index (χ0) is 20.4. The number of anilines is 2. The van der Waals surface area contributed by atoms with Crippen LogP contribution in [0.3, 0.4) is 0 Å². The molecule has 0 saturated heterocycles. The minimum absolute atomic E-state index is 0.0569. The molecule has 0 aliphatic rings. The maximum atomic E-state index is 11.4. The van der Waals surface area contributed by atoms with Crippen molar-refractivity contribution in [3.05, 3.63) is 60.2 Å². The molecule has 0 atom stereocenters. The Morgan fingerprint density at radius 2 is 1.79 bits per heavy atom. The molecule has 0 aliphatic heterocycles. The Kier molecular flexibility index (Phi) is 5.18. The molecule has 0 fully saturated rings. The number of rotatable bonds is 6. The lowest BCUT2D eigenvalue weighted by atomic mass is 10.1. The van der Waals surface area contributed by atoms with Gasteiger partial charge >= 0.3 is 0 Å². The van der Waals surface area contributed by atoms with E-state index in [0.29, 0.717) is 18.1 Å². The van der Waals surface area contributed by atoms with Crippen LogP contribution in [0.25, 0.3) is 21.3 Å². The van der Waals surface area contributed by atoms with E-state index in [2.05, 4.69) is 15.3 Å². The van der Waals surface area contributed by atoms with Crippen LogP contribution in [-0.2, 0) is 10.0 Å². The van der Waals surface area contributed by atoms with E-state index in [4.69, 9.17) is 9.88 Å². The number of nitrogens with zero attached hydrogens (tertiary/aromatic N) is 2. The molecule has 0 spiro atoms. The molecule has 0 amide bonds. The lowest BCUT2D eigenvalue weighted by molar-refractivity contribution is 0.340. The Bertz CT molecular complexity index is 1250. The highest BCUT2D eigenvalue weighted by Gasteiger charge is 2.14. The van der Waals surface area contributed by atoms with Gasteiger partial charge in [-0.25, -0.2) is 23.5 Å². The van der Waals surface area contributed by atoms with Crippen molar-refractivity contribution in [3.63, 3.8) is 0 Å². The van der Waals surface area contributed by atoms with Crippen molar-refractivity contribution in [3.8, 4) is 16.9 Å². The third-order valence-electron chi connectivity index (χ3n) is 4.29. The summed E-state index contributed by atoms with van der Waals surface area (Å²) >= 11 is 1.54. The zero-order valence-electron chi connectivity index (χ0n) is 15.5. The molecular formula is C20H18N4O3S2. The normalized spacial score (nSPS) is 11.5. The number of hydrogen-bond acceptors (Lipinski definition) is 7. The number of fused-ring (bicyclic) bond motifs is 1. The molecule has 9 heteroatoms. The third kappa shape index (κ3) is 4.07. The average molecular weight is 427 g/mol. The molecule has 0 unspecified atom stereocenters. The van der Waals surface area contributed by atoms with Gasteiger partial charge in [0, 0.05) is 16.6 Å². The summed E-state index contributed by atoms with van der Waals surface area (Å²) in [5.41, 5.74) is 2.74. The van der Waals surface area contributed by atoms with E-state index in [1.54, 1.807) is 12.1 Å². The van der Waals surface area contributed by atoms with Crippen LogP contribution in [0.1, 0.15) is 6.92 Å². The summed E-state index contributed by atoms with van der Waals surface area (Å²) in [6, 6.07) is 14.1. The Hall–Kier alpha value is -3.01. The molecule has 3 N–H and O–H groups in total. The SMILES string of the molecule is CCOc1ccc(-c2csc3ncnc(Nc4ccc(S(N)(=O)=O)cc4)c23)cc1. The molecule has 148 valence electrons. The number of thiophene rings is 1. The zero-order valence-corrected chi connectivity index (χ0v) is 17.1. The summed E-state index contributed by atoms with van der Waals surface area (Å²) in [5.74, 6) is 1.46. The predicted octanol–water partition coefficient (Wildman–Crippen LogP) is 4.15. The molecule has 7 nitrogen and oxygen atoms in total. The van der Waals surface area contributed by atoms with Crippen LogP contribution < -0.4 is 15.2 Å². The largest absolute Gasteiger partial charge is 0.494 e. The fourth-order valence-electron chi connectivity index (χ4n) is 2.94. The van der Waals surface area contributed by atoms with E-state index in [1.807, 2.05) is 36.6 Å². The van der Waals surface area contributed by atoms with Crippen LogP contribution in [0.5, 0.6) is 5.75 Å². The molecule has 4 aromatic rings. The Balaban J connectivity index is 1.71. The second kappa shape index (κ2) is 7.78. The van der Waals surface area contributed by atoms with Gasteiger partial charge in [0.15, 0.2) is 0 Å². The maximum absolute atomic E-state index is 11.4. The summed E-state index contributed by atoms with van der Waals surface area (Å²) in [5, 5.41) is 11.4. The van der Waals surface area contributed by atoms with Gasteiger partial charge in [0.05, 0.1) is 16.9 Å². The van der Waals surface area contributed by atoms with Gasteiger partial charge in [-0.15, -0.1) is 11.3 Å². The van der Waals surface area contributed by atoms with Crippen LogP contribution in [0.2, 0.25) is 0 Å². The van der Waals surface area contributed by atoms with Crippen molar-refractivity contribution < 1.29 is 13.2 Å². The minimum atomic E-state index is -3.73. The van der Waals surface area contributed by atoms with Crippen molar-refractivity contribution in [1.82, 2.24) is 9.97 Å². The quantitative estimate of drug-likeness (QED) is 0.480. The van der Waals surface area contributed by atoms with Crippen LogP contribution in [0.15, 0.2) is 65.1 Å². The Labute approximate surface area is 172 Å². The summed E-state index contributed by atoms with van der Waals surface area (Å²) in [4.78, 5) is 9.68. The molecule has 29 heavy (non-hydrogen) atoms. The fourth-order valence-corrected chi connectivity index (χ4v) is 4.38. The molecule has 2 aromatic carbocycles. The van der Waals surface area contributed by atoms with Crippen molar-refractivity contribution in [2.75, 3.05) is 11.9 Å². The van der Waals surface area contributed by atoms with Gasteiger partial charge in [-0.05, 0) is 48.9 Å². The summed E-state index contributed by atoms with van der Waals surface area (Å²) < 4.78 is 28.4. The molecular weight excluding hydrogens is 408 g/mol.